The van der Waals surface area contributed by atoms with Gasteiger partial charge in [0.05, 0.1) is 0 Å². The molecule has 1 heteroatoms. The third kappa shape index (κ3) is 4.99. The van der Waals surface area contributed by atoms with Crippen molar-refractivity contribution in [3.63, 3.8) is 0 Å². The molecule has 84 valence electrons. The molecule has 2 atom stereocenters. The molecule has 0 bridgehead atoms. The maximum atomic E-state index is 5.72. The van der Waals surface area contributed by atoms with E-state index in [0.29, 0.717) is 0 Å². The fourth-order valence-corrected chi connectivity index (χ4v) is 2.28. The smallest absolute Gasteiger partial charge is 0.00489 e. The normalized spacial score (nSPS) is 20.8. The van der Waals surface area contributed by atoms with Crippen molar-refractivity contribution in [2.75, 3.05) is 6.54 Å². The molecule has 0 aromatic rings. The summed E-state index contributed by atoms with van der Waals surface area (Å²) in [7, 11) is 0. The van der Waals surface area contributed by atoms with Crippen LogP contribution in [0, 0.1) is 17.8 Å². The van der Waals surface area contributed by atoms with E-state index in [1.54, 1.807) is 0 Å². The summed E-state index contributed by atoms with van der Waals surface area (Å²) in [5.74, 6) is 2.77. The van der Waals surface area contributed by atoms with Gasteiger partial charge >= 0.3 is 0 Å². The van der Waals surface area contributed by atoms with E-state index in [2.05, 4.69) is 13.8 Å². The number of nitrogens with two attached hydrogens (primary N) is 1. The number of hydrogen-bond donors (Lipinski definition) is 1. The van der Waals surface area contributed by atoms with Gasteiger partial charge in [-0.05, 0) is 30.7 Å². The van der Waals surface area contributed by atoms with Gasteiger partial charge in [-0.2, -0.15) is 0 Å². The van der Waals surface area contributed by atoms with Crippen molar-refractivity contribution in [2.24, 2.45) is 23.5 Å². The molecule has 1 aliphatic rings. The lowest BCUT2D eigenvalue weighted by Gasteiger charge is -2.17. The van der Waals surface area contributed by atoms with Crippen molar-refractivity contribution in [2.45, 2.75) is 58.8 Å². The van der Waals surface area contributed by atoms with E-state index >= 15 is 0 Å². The second-order valence-electron chi connectivity index (χ2n) is 5.23. The van der Waals surface area contributed by atoms with Gasteiger partial charge in [-0.3, -0.25) is 0 Å². The maximum Gasteiger partial charge on any atom is -0.00489 e. The van der Waals surface area contributed by atoms with Gasteiger partial charge in [0.1, 0.15) is 0 Å². The standard InChI is InChI=1S/C13H27N/c1-3-12(10-14)9-11(2)5-4-6-13-7-8-13/h11-13H,3-10,14H2,1-2H3/t11-,12+/m1/s1. The topological polar surface area (TPSA) is 26.0 Å². The summed E-state index contributed by atoms with van der Waals surface area (Å²) in [5.41, 5.74) is 5.72. The molecule has 0 spiro atoms. The third-order valence-electron chi connectivity index (χ3n) is 3.65. The predicted octanol–water partition coefficient (Wildman–Crippen LogP) is 3.58. The van der Waals surface area contributed by atoms with Crippen LogP contribution in [0.25, 0.3) is 0 Å². The molecule has 2 N–H and O–H groups in total. The van der Waals surface area contributed by atoms with Gasteiger partial charge in [0, 0.05) is 0 Å². The molecule has 14 heavy (non-hydrogen) atoms. The molecule has 1 aliphatic carbocycles. The number of rotatable bonds is 8. The van der Waals surface area contributed by atoms with Gasteiger partial charge in [-0.1, -0.05) is 52.4 Å². The van der Waals surface area contributed by atoms with E-state index in [9.17, 15) is 0 Å². The lowest BCUT2D eigenvalue weighted by atomic mass is 9.90. The summed E-state index contributed by atoms with van der Waals surface area (Å²) in [5, 5.41) is 0. The highest BCUT2D eigenvalue weighted by atomic mass is 14.5. The molecule has 0 saturated heterocycles. The second-order valence-corrected chi connectivity index (χ2v) is 5.23. The lowest BCUT2D eigenvalue weighted by Crippen LogP contribution is -2.16. The molecule has 0 heterocycles. The Labute approximate surface area is 89.5 Å². The average Bonchev–Trinajstić information content (AvgIpc) is 2.98. The molecule has 0 unspecified atom stereocenters. The Balaban J connectivity index is 1.98. The molecule has 1 saturated carbocycles. The summed E-state index contributed by atoms with van der Waals surface area (Å²) in [4.78, 5) is 0. The molecule has 1 nitrogen and oxygen atoms in total. The summed E-state index contributed by atoms with van der Waals surface area (Å²) >= 11 is 0. The fourth-order valence-electron chi connectivity index (χ4n) is 2.28. The molecule has 1 fully saturated rings. The quantitative estimate of drug-likeness (QED) is 0.632. The Morgan fingerprint density at radius 3 is 2.57 bits per heavy atom. The van der Waals surface area contributed by atoms with Gasteiger partial charge in [0.2, 0.25) is 0 Å². The van der Waals surface area contributed by atoms with Gasteiger partial charge in [-0.25, -0.2) is 0 Å². The summed E-state index contributed by atoms with van der Waals surface area (Å²) in [6, 6.07) is 0. The Morgan fingerprint density at radius 2 is 2.07 bits per heavy atom. The van der Waals surface area contributed by atoms with Crippen molar-refractivity contribution in [1.82, 2.24) is 0 Å². The fraction of sp³-hybridized carbons (Fsp3) is 1.00. The van der Waals surface area contributed by atoms with Crippen molar-refractivity contribution in [1.29, 1.82) is 0 Å². The first kappa shape index (κ1) is 12.0. The minimum atomic E-state index is 0.769. The third-order valence-corrected chi connectivity index (χ3v) is 3.65. The largest absolute Gasteiger partial charge is 0.330 e. The van der Waals surface area contributed by atoms with Crippen LogP contribution in [0.4, 0.5) is 0 Å². The first-order valence-electron chi connectivity index (χ1n) is 6.46. The summed E-state index contributed by atoms with van der Waals surface area (Å²) < 4.78 is 0. The van der Waals surface area contributed by atoms with Gasteiger partial charge < -0.3 is 5.73 Å². The van der Waals surface area contributed by atoms with Crippen molar-refractivity contribution >= 4 is 0 Å². The van der Waals surface area contributed by atoms with Crippen LogP contribution in [-0.4, -0.2) is 6.54 Å². The molecular formula is C13H27N. The summed E-state index contributed by atoms with van der Waals surface area (Å²) in [6.45, 7) is 5.53. The second kappa shape index (κ2) is 6.44. The molecule has 0 aliphatic heterocycles. The van der Waals surface area contributed by atoms with Crippen LogP contribution in [0.1, 0.15) is 58.8 Å². The zero-order chi connectivity index (χ0) is 10.4. The molecule has 0 radical (unpaired) electrons. The van der Waals surface area contributed by atoms with Crippen LogP contribution in [0.2, 0.25) is 0 Å². The van der Waals surface area contributed by atoms with Crippen LogP contribution >= 0.6 is 0 Å². The van der Waals surface area contributed by atoms with Gasteiger partial charge in [0.15, 0.2) is 0 Å². The molecule has 0 aromatic heterocycles. The van der Waals surface area contributed by atoms with Gasteiger partial charge in [-0.15, -0.1) is 0 Å². The average molecular weight is 197 g/mol. The molecular weight excluding hydrogens is 170 g/mol. The lowest BCUT2D eigenvalue weighted by molar-refractivity contribution is 0.360. The van der Waals surface area contributed by atoms with Crippen LogP contribution in [0.3, 0.4) is 0 Å². The van der Waals surface area contributed by atoms with E-state index in [0.717, 1.165) is 24.3 Å². The maximum absolute atomic E-state index is 5.72. The predicted molar refractivity (Wildman–Crippen MR) is 63.2 cm³/mol. The molecule has 0 aromatic carbocycles. The minimum Gasteiger partial charge on any atom is -0.330 e. The van der Waals surface area contributed by atoms with E-state index in [4.69, 9.17) is 5.73 Å². The van der Waals surface area contributed by atoms with E-state index in [1.807, 2.05) is 0 Å². The Kier molecular flexibility index (Phi) is 5.54. The molecule has 1 rings (SSSR count). The van der Waals surface area contributed by atoms with Crippen LogP contribution < -0.4 is 5.73 Å². The Hall–Kier alpha value is -0.0400. The van der Waals surface area contributed by atoms with E-state index in [-0.39, 0.29) is 0 Å². The van der Waals surface area contributed by atoms with Crippen LogP contribution in [0.5, 0.6) is 0 Å². The highest BCUT2D eigenvalue weighted by Gasteiger charge is 2.20. The summed E-state index contributed by atoms with van der Waals surface area (Å²) in [6.07, 6.45) is 9.98. The Morgan fingerprint density at radius 1 is 1.36 bits per heavy atom. The monoisotopic (exact) mass is 197 g/mol. The van der Waals surface area contributed by atoms with Crippen LogP contribution in [0.15, 0.2) is 0 Å². The van der Waals surface area contributed by atoms with Crippen molar-refractivity contribution in [3.8, 4) is 0 Å². The first-order chi connectivity index (χ1) is 6.76. The van der Waals surface area contributed by atoms with E-state index in [1.165, 1.54) is 44.9 Å². The van der Waals surface area contributed by atoms with Gasteiger partial charge in [0.25, 0.3) is 0 Å². The first-order valence-corrected chi connectivity index (χ1v) is 6.46. The zero-order valence-electron chi connectivity index (χ0n) is 9.97. The highest BCUT2D eigenvalue weighted by molar-refractivity contribution is 4.73. The van der Waals surface area contributed by atoms with E-state index < -0.39 is 0 Å². The minimum absolute atomic E-state index is 0.769. The van der Waals surface area contributed by atoms with Crippen molar-refractivity contribution in [3.05, 3.63) is 0 Å². The molecule has 0 amide bonds. The van der Waals surface area contributed by atoms with Crippen LogP contribution in [-0.2, 0) is 0 Å². The highest BCUT2D eigenvalue weighted by Crippen LogP contribution is 2.34. The number of hydrogen-bond acceptors (Lipinski definition) is 1. The van der Waals surface area contributed by atoms with Crippen molar-refractivity contribution < 1.29 is 0 Å². The Bertz CT molecular complexity index is 136. The zero-order valence-corrected chi connectivity index (χ0v) is 9.97. The SMILES string of the molecule is CC[C@H](CN)C[C@H](C)CCCC1CC1.